The van der Waals surface area contributed by atoms with Gasteiger partial charge in [0.1, 0.15) is 0 Å². The van der Waals surface area contributed by atoms with E-state index in [9.17, 15) is 4.79 Å². The van der Waals surface area contributed by atoms with E-state index in [0.29, 0.717) is 0 Å². The Labute approximate surface area is 104 Å². The minimum Gasteiger partial charge on any atom is -0.381 e. The molecule has 4 nitrogen and oxygen atoms in total. The zero-order chi connectivity index (χ0) is 12.3. The van der Waals surface area contributed by atoms with E-state index in [1.54, 1.807) is 6.92 Å². The van der Waals surface area contributed by atoms with Crippen LogP contribution in [0.4, 0.5) is 0 Å². The van der Waals surface area contributed by atoms with Gasteiger partial charge in [0, 0.05) is 33.2 Å². The van der Waals surface area contributed by atoms with E-state index in [4.69, 9.17) is 4.74 Å². The van der Waals surface area contributed by atoms with Crippen molar-refractivity contribution in [3.8, 4) is 0 Å². The molecule has 4 heteroatoms. The average Bonchev–Trinajstić information content (AvgIpc) is 2.33. The maximum Gasteiger partial charge on any atom is 0.216 e. The first-order chi connectivity index (χ1) is 8.29. The fraction of sp³-hybridized carbons (Fsp3) is 0.923. The second-order valence-corrected chi connectivity index (χ2v) is 4.78. The lowest BCUT2D eigenvalue weighted by atomic mass is 9.94. The second kappa shape index (κ2) is 9.42. The minimum atomic E-state index is 0.0475. The fourth-order valence-electron chi connectivity index (χ4n) is 2.17. The van der Waals surface area contributed by atoms with Crippen LogP contribution in [0.3, 0.4) is 0 Å². The summed E-state index contributed by atoms with van der Waals surface area (Å²) >= 11 is 0. The van der Waals surface area contributed by atoms with Crippen LogP contribution in [0.1, 0.15) is 39.0 Å². The molecule has 0 spiro atoms. The number of amides is 1. The molecule has 1 heterocycles. The third kappa shape index (κ3) is 8.16. The Kier molecular flexibility index (Phi) is 8.01. The van der Waals surface area contributed by atoms with Crippen molar-refractivity contribution in [3.05, 3.63) is 0 Å². The molecule has 0 radical (unpaired) electrons. The molecule has 0 bridgehead atoms. The van der Waals surface area contributed by atoms with Crippen LogP contribution in [0.25, 0.3) is 0 Å². The van der Waals surface area contributed by atoms with Gasteiger partial charge >= 0.3 is 0 Å². The number of ether oxygens (including phenoxy) is 1. The van der Waals surface area contributed by atoms with Crippen molar-refractivity contribution in [2.75, 3.05) is 32.8 Å². The minimum absolute atomic E-state index is 0.0475. The maximum absolute atomic E-state index is 10.6. The van der Waals surface area contributed by atoms with Gasteiger partial charge in [-0.1, -0.05) is 12.8 Å². The van der Waals surface area contributed by atoms with Crippen molar-refractivity contribution in [1.29, 1.82) is 0 Å². The van der Waals surface area contributed by atoms with Crippen LogP contribution >= 0.6 is 0 Å². The number of hydrogen-bond acceptors (Lipinski definition) is 3. The smallest absolute Gasteiger partial charge is 0.216 e. The Balaban J connectivity index is 1.79. The summed E-state index contributed by atoms with van der Waals surface area (Å²) in [5.74, 6) is 0.939. The predicted molar refractivity (Wildman–Crippen MR) is 68.9 cm³/mol. The van der Waals surface area contributed by atoms with Crippen molar-refractivity contribution in [2.45, 2.75) is 39.0 Å². The standard InChI is InChI=1S/C13H26N2O2/c1-12(16)15-9-8-14-7-3-2-4-13-5-10-17-11-6-13/h13-14H,2-11H2,1H3,(H,15,16). The summed E-state index contributed by atoms with van der Waals surface area (Å²) in [6.45, 7) is 6.13. The summed E-state index contributed by atoms with van der Waals surface area (Å²) in [6.07, 6.45) is 6.37. The van der Waals surface area contributed by atoms with Crippen LogP contribution in [0.5, 0.6) is 0 Å². The number of unbranched alkanes of at least 4 members (excludes halogenated alkanes) is 1. The molecule has 100 valence electrons. The fourth-order valence-corrected chi connectivity index (χ4v) is 2.17. The molecule has 2 N–H and O–H groups in total. The highest BCUT2D eigenvalue weighted by molar-refractivity contribution is 5.72. The first-order valence-corrected chi connectivity index (χ1v) is 6.82. The van der Waals surface area contributed by atoms with Gasteiger partial charge in [0.25, 0.3) is 0 Å². The van der Waals surface area contributed by atoms with Crippen molar-refractivity contribution in [2.24, 2.45) is 5.92 Å². The molecule has 0 aliphatic carbocycles. The van der Waals surface area contributed by atoms with E-state index in [2.05, 4.69) is 10.6 Å². The highest BCUT2D eigenvalue weighted by Gasteiger charge is 2.12. The normalized spacial score (nSPS) is 17.0. The Bertz CT molecular complexity index is 204. The van der Waals surface area contributed by atoms with Crippen LogP contribution in [0.15, 0.2) is 0 Å². The summed E-state index contributed by atoms with van der Waals surface area (Å²) < 4.78 is 5.34. The zero-order valence-corrected chi connectivity index (χ0v) is 11.0. The predicted octanol–water partition coefficient (Wildman–Crippen LogP) is 1.31. The SMILES string of the molecule is CC(=O)NCCNCCCCC1CCOCC1. The van der Waals surface area contributed by atoms with Gasteiger partial charge < -0.3 is 15.4 Å². The number of rotatable bonds is 8. The third-order valence-corrected chi connectivity index (χ3v) is 3.23. The maximum atomic E-state index is 10.6. The largest absolute Gasteiger partial charge is 0.381 e. The third-order valence-electron chi connectivity index (χ3n) is 3.23. The molecule has 1 aliphatic heterocycles. The van der Waals surface area contributed by atoms with Gasteiger partial charge in [-0.05, 0) is 31.7 Å². The van der Waals surface area contributed by atoms with Crippen molar-refractivity contribution >= 4 is 5.91 Å². The molecular weight excluding hydrogens is 216 g/mol. The first-order valence-electron chi connectivity index (χ1n) is 6.82. The molecule has 1 amide bonds. The lowest BCUT2D eigenvalue weighted by Crippen LogP contribution is -2.30. The van der Waals surface area contributed by atoms with Gasteiger partial charge in [-0.2, -0.15) is 0 Å². The molecule has 17 heavy (non-hydrogen) atoms. The topological polar surface area (TPSA) is 50.4 Å². The Morgan fingerprint density at radius 1 is 1.18 bits per heavy atom. The van der Waals surface area contributed by atoms with E-state index in [1.807, 2.05) is 0 Å². The summed E-state index contributed by atoms with van der Waals surface area (Å²) in [5.41, 5.74) is 0. The molecule has 0 aromatic heterocycles. The summed E-state index contributed by atoms with van der Waals surface area (Å²) in [5, 5.41) is 6.11. The average molecular weight is 242 g/mol. The van der Waals surface area contributed by atoms with E-state index in [1.165, 1.54) is 32.1 Å². The summed E-state index contributed by atoms with van der Waals surface area (Å²) in [4.78, 5) is 10.6. The van der Waals surface area contributed by atoms with Gasteiger partial charge in [-0.15, -0.1) is 0 Å². The second-order valence-electron chi connectivity index (χ2n) is 4.78. The van der Waals surface area contributed by atoms with Crippen molar-refractivity contribution < 1.29 is 9.53 Å². The molecule has 0 aromatic rings. The monoisotopic (exact) mass is 242 g/mol. The summed E-state index contributed by atoms with van der Waals surface area (Å²) in [6, 6.07) is 0. The summed E-state index contributed by atoms with van der Waals surface area (Å²) in [7, 11) is 0. The molecule has 1 saturated heterocycles. The number of nitrogens with one attached hydrogen (secondary N) is 2. The molecule has 1 rings (SSSR count). The van der Waals surface area contributed by atoms with Crippen LogP contribution in [0.2, 0.25) is 0 Å². The molecule has 1 fully saturated rings. The van der Waals surface area contributed by atoms with Crippen LogP contribution in [-0.4, -0.2) is 38.8 Å². The lowest BCUT2D eigenvalue weighted by molar-refractivity contribution is -0.118. The van der Waals surface area contributed by atoms with Crippen LogP contribution in [0, 0.1) is 5.92 Å². The number of hydrogen-bond donors (Lipinski definition) is 2. The first kappa shape index (κ1) is 14.5. The Morgan fingerprint density at radius 2 is 1.94 bits per heavy atom. The highest BCUT2D eigenvalue weighted by atomic mass is 16.5. The molecule has 0 atom stereocenters. The van der Waals surface area contributed by atoms with E-state index in [0.717, 1.165) is 38.8 Å². The molecule has 0 saturated carbocycles. The van der Waals surface area contributed by atoms with E-state index in [-0.39, 0.29) is 5.91 Å². The van der Waals surface area contributed by atoms with Gasteiger partial charge in [0.2, 0.25) is 5.91 Å². The number of carbonyl (C=O) groups excluding carboxylic acids is 1. The van der Waals surface area contributed by atoms with Crippen LogP contribution in [-0.2, 0) is 9.53 Å². The Morgan fingerprint density at radius 3 is 2.65 bits per heavy atom. The molecule has 1 aliphatic rings. The van der Waals surface area contributed by atoms with Crippen LogP contribution < -0.4 is 10.6 Å². The van der Waals surface area contributed by atoms with Gasteiger partial charge in [0.15, 0.2) is 0 Å². The molecule has 0 unspecified atom stereocenters. The highest BCUT2D eigenvalue weighted by Crippen LogP contribution is 2.20. The Hall–Kier alpha value is -0.610. The molecule has 0 aromatic carbocycles. The lowest BCUT2D eigenvalue weighted by Gasteiger charge is -2.21. The van der Waals surface area contributed by atoms with Crippen molar-refractivity contribution in [1.82, 2.24) is 10.6 Å². The van der Waals surface area contributed by atoms with Gasteiger partial charge in [-0.3, -0.25) is 4.79 Å². The van der Waals surface area contributed by atoms with Gasteiger partial charge in [-0.25, -0.2) is 0 Å². The van der Waals surface area contributed by atoms with E-state index < -0.39 is 0 Å². The number of carbonyl (C=O) groups is 1. The zero-order valence-electron chi connectivity index (χ0n) is 11.0. The molecular formula is C13H26N2O2. The quantitative estimate of drug-likeness (QED) is 0.631. The van der Waals surface area contributed by atoms with Crippen molar-refractivity contribution in [3.63, 3.8) is 0 Å². The van der Waals surface area contributed by atoms with Gasteiger partial charge in [0.05, 0.1) is 0 Å². The van der Waals surface area contributed by atoms with E-state index >= 15 is 0 Å².